The minimum absolute atomic E-state index is 0.0741. The lowest BCUT2D eigenvalue weighted by atomic mass is 9.67. The lowest BCUT2D eigenvalue weighted by Crippen LogP contribution is -2.30. The van der Waals surface area contributed by atoms with Gasteiger partial charge in [0.25, 0.3) is 0 Å². The molecule has 0 amide bonds. The van der Waals surface area contributed by atoms with Crippen molar-refractivity contribution < 1.29 is 5.11 Å². The van der Waals surface area contributed by atoms with Crippen LogP contribution in [0.1, 0.15) is 82.1 Å². The number of aliphatic hydroxyl groups excluding tert-OH is 1. The van der Waals surface area contributed by atoms with Crippen molar-refractivity contribution in [3.8, 4) is 0 Å². The summed E-state index contributed by atoms with van der Waals surface area (Å²) in [6.45, 7) is 22.6. The summed E-state index contributed by atoms with van der Waals surface area (Å²) in [4.78, 5) is 0. The summed E-state index contributed by atoms with van der Waals surface area (Å²) in [5.41, 5.74) is 0.480. The molecule has 0 aliphatic heterocycles. The van der Waals surface area contributed by atoms with Crippen molar-refractivity contribution in [1.82, 2.24) is 0 Å². The van der Waals surface area contributed by atoms with Crippen molar-refractivity contribution in [3.05, 3.63) is 0 Å². The van der Waals surface area contributed by atoms with Gasteiger partial charge >= 0.3 is 0 Å². The van der Waals surface area contributed by atoms with Crippen LogP contribution in [0.2, 0.25) is 0 Å². The van der Waals surface area contributed by atoms with Gasteiger partial charge < -0.3 is 5.11 Å². The summed E-state index contributed by atoms with van der Waals surface area (Å²) >= 11 is 0. The Hall–Kier alpha value is -0.0400. The van der Waals surface area contributed by atoms with Gasteiger partial charge in [-0.3, -0.25) is 0 Å². The van der Waals surface area contributed by atoms with Gasteiger partial charge in [-0.25, -0.2) is 0 Å². The Morgan fingerprint density at radius 2 is 1.32 bits per heavy atom. The Balaban J connectivity index is 0. The third-order valence-electron chi connectivity index (χ3n) is 4.88. The second-order valence-corrected chi connectivity index (χ2v) is 7.70. The highest BCUT2D eigenvalue weighted by Gasteiger charge is 2.30. The predicted octanol–water partition coefficient (Wildman–Crippen LogP) is 5.76. The van der Waals surface area contributed by atoms with Crippen LogP contribution < -0.4 is 0 Å². The second kappa shape index (κ2) is 9.80. The first-order valence-electron chi connectivity index (χ1n) is 8.14. The van der Waals surface area contributed by atoms with E-state index < -0.39 is 0 Å². The third-order valence-corrected chi connectivity index (χ3v) is 4.88. The molecule has 0 aromatic rings. The van der Waals surface area contributed by atoms with E-state index in [4.69, 9.17) is 5.11 Å². The number of rotatable bonds is 6. The summed E-state index contributed by atoms with van der Waals surface area (Å²) < 4.78 is 0. The molecule has 2 unspecified atom stereocenters. The molecular weight excluding hydrogens is 232 g/mol. The molecule has 0 aromatic carbocycles. The quantitative estimate of drug-likeness (QED) is 0.651. The van der Waals surface area contributed by atoms with Gasteiger partial charge in [0.1, 0.15) is 0 Å². The van der Waals surface area contributed by atoms with Gasteiger partial charge in [-0.15, -0.1) is 0 Å². The summed E-state index contributed by atoms with van der Waals surface area (Å²) in [6, 6.07) is 0. The van der Waals surface area contributed by atoms with Crippen LogP contribution in [0.15, 0.2) is 0 Å². The first-order chi connectivity index (χ1) is 8.46. The molecule has 0 heterocycles. The Labute approximate surface area is 123 Å². The predicted molar refractivity (Wildman–Crippen MR) is 88.4 cm³/mol. The average Bonchev–Trinajstić information content (AvgIpc) is 2.27. The van der Waals surface area contributed by atoms with E-state index in [1.165, 1.54) is 0 Å². The largest absolute Gasteiger partial charge is 0.393 e. The second-order valence-electron chi connectivity index (χ2n) is 7.70. The van der Waals surface area contributed by atoms with Crippen LogP contribution in [0.4, 0.5) is 0 Å². The zero-order valence-electron chi connectivity index (χ0n) is 15.2. The Morgan fingerprint density at radius 1 is 0.895 bits per heavy atom. The van der Waals surface area contributed by atoms with Crippen molar-refractivity contribution in [1.29, 1.82) is 0 Å². The standard InChI is InChI=1S/C11H24.C7H16O/c1-8(2)10(5)11(6,7)9(3)4;1-4-7(8)5-6(2)3/h8-10H,1-7H3;6-8H,4-5H2,1-3H3. The number of aliphatic hydroxyl groups is 1. The van der Waals surface area contributed by atoms with Crippen molar-refractivity contribution in [3.63, 3.8) is 0 Å². The maximum atomic E-state index is 9.03. The van der Waals surface area contributed by atoms with E-state index in [-0.39, 0.29) is 6.10 Å². The molecule has 0 bridgehead atoms. The Kier molecular flexibility index (Phi) is 11.0. The zero-order chi connectivity index (χ0) is 15.8. The van der Waals surface area contributed by atoms with Gasteiger partial charge in [0, 0.05) is 0 Å². The van der Waals surface area contributed by atoms with Crippen molar-refractivity contribution in [2.45, 2.75) is 88.2 Å². The van der Waals surface area contributed by atoms with Crippen molar-refractivity contribution in [2.24, 2.45) is 29.1 Å². The maximum Gasteiger partial charge on any atom is 0.0540 e. The molecule has 19 heavy (non-hydrogen) atoms. The summed E-state index contributed by atoms with van der Waals surface area (Å²) in [7, 11) is 0. The van der Waals surface area contributed by atoms with Gasteiger partial charge in [-0.1, -0.05) is 69.2 Å². The molecule has 0 fully saturated rings. The molecule has 1 N–H and O–H groups in total. The first kappa shape index (κ1) is 21.3. The number of hydrogen-bond donors (Lipinski definition) is 1. The topological polar surface area (TPSA) is 20.2 Å². The minimum atomic E-state index is -0.0741. The van der Waals surface area contributed by atoms with Crippen LogP contribution in [0.5, 0.6) is 0 Å². The summed E-state index contributed by atoms with van der Waals surface area (Å²) in [5.74, 6) is 3.01. The van der Waals surface area contributed by atoms with Crippen LogP contribution in [0.25, 0.3) is 0 Å². The smallest absolute Gasteiger partial charge is 0.0540 e. The molecule has 0 spiro atoms. The molecule has 0 aromatic heterocycles. The van der Waals surface area contributed by atoms with Crippen molar-refractivity contribution in [2.75, 3.05) is 0 Å². The summed E-state index contributed by atoms with van der Waals surface area (Å²) in [5, 5.41) is 9.03. The molecule has 1 nitrogen and oxygen atoms in total. The van der Waals surface area contributed by atoms with Gasteiger partial charge in [-0.05, 0) is 41.9 Å². The number of hydrogen-bond acceptors (Lipinski definition) is 1. The minimum Gasteiger partial charge on any atom is -0.393 e. The molecule has 0 rings (SSSR count). The third kappa shape index (κ3) is 9.49. The maximum absolute atomic E-state index is 9.03. The van der Waals surface area contributed by atoms with Crippen LogP contribution in [0, 0.1) is 29.1 Å². The molecule has 0 radical (unpaired) electrons. The normalized spacial score (nSPS) is 15.5. The van der Waals surface area contributed by atoms with Gasteiger partial charge in [0.2, 0.25) is 0 Å². The molecule has 0 aliphatic rings. The van der Waals surface area contributed by atoms with E-state index in [0.717, 1.165) is 30.6 Å². The highest BCUT2D eigenvalue weighted by molar-refractivity contribution is 4.79. The molecule has 0 saturated heterocycles. The van der Waals surface area contributed by atoms with Crippen LogP contribution >= 0.6 is 0 Å². The average molecular weight is 273 g/mol. The molecule has 1 heteroatoms. The lowest BCUT2D eigenvalue weighted by Gasteiger charge is -2.38. The molecular formula is C18H40O. The zero-order valence-corrected chi connectivity index (χ0v) is 15.2. The van der Waals surface area contributed by atoms with E-state index >= 15 is 0 Å². The SMILES string of the molecule is CC(C)C(C)C(C)(C)C(C)C.CCC(O)CC(C)C. The fourth-order valence-corrected chi connectivity index (χ4v) is 2.10. The molecule has 0 saturated carbocycles. The van der Waals surface area contributed by atoms with Crippen LogP contribution in [0.3, 0.4) is 0 Å². The van der Waals surface area contributed by atoms with Gasteiger partial charge in [0.05, 0.1) is 6.10 Å². The van der Waals surface area contributed by atoms with E-state index in [9.17, 15) is 0 Å². The van der Waals surface area contributed by atoms with Crippen LogP contribution in [-0.2, 0) is 0 Å². The summed E-state index contributed by atoms with van der Waals surface area (Å²) in [6.07, 6.45) is 1.75. The van der Waals surface area contributed by atoms with E-state index in [0.29, 0.717) is 11.3 Å². The fourth-order valence-electron chi connectivity index (χ4n) is 2.10. The van der Waals surface area contributed by atoms with Crippen LogP contribution in [-0.4, -0.2) is 11.2 Å². The first-order valence-corrected chi connectivity index (χ1v) is 8.14. The monoisotopic (exact) mass is 272 g/mol. The molecule has 2 atom stereocenters. The molecule has 0 aliphatic carbocycles. The molecule has 118 valence electrons. The van der Waals surface area contributed by atoms with E-state index in [1.807, 2.05) is 6.92 Å². The highest BCUT2D eigenvalue weighted by atomic mass is 16.3. The fraction of sp³-hybridized carbons (Fsp3) is 1.00. The van der Waals surface area contributed by atoms with E-state index in [2.05, 4.69) is 62.3 Å². The Morgan fingerprint density at radius 3 is 1.42 bits per heavy atom. The van der Waals surface area contributed by atoms with E-state index in [1.54, 1.807) is 0 Å². The van der Waals surface area contributed by atoms with Crippen molar-refractivity contribution >= 4 is 0 Å². The van der Waals surface area contributed by atoms with Gasteiger partial charge in [0.15, 0.2) is 0 Å². The van der Waals surface area contributed by atoms with Gasteiger partial charge in [-0.2, -0.15) is 0 Å². The highest BCUT2D eigenvalue weighted by Crippen LogP contribution is 2.38. The lowest BCUT2D eigenvalue weighted by molar-refractivity contribution is 0.113. The Bertz CT molecular complexity index is 204.